The smallest absolute Gasteiger partial charge is 0.278 e. The van der Waals surface area contributed by atoms with E-state index in [9.17, 15) is 13.2 Å². The molecule has 3 aromatic carbocycles. The highest BCUT2D eigenvalue weighted by molar-refractivity contribution is 7.93. The lowest BCUT2D eigenvalue weighted by molar-refractivity contribution is -0.119. The van der Waals surface area contributed by atoms with Crippen LogP contribution in [0.1, 0.15) is 12.5 Å². The van der Waals surface area contributed by atoms with Crippen molar-refractivity contribution in [3.05, 3.63) is 89.4 Å². The first-order chi connectivity index (χ1) is 13.9. The van der Waals surface area contributed by atoms with Crippen LogP contribution in [0.25, 0.3) is 0 Å². The second kappa shape index (κ2) is 9.11. The number of ether oxygens (including phenoxy) is 1. The minimum atomic E-state index is -4.12. The molecule has 0 radical (unpaired) electrons. The predicted molar refractivity (Wildman–Crippen MR) is 114 cm³/mol. The predicted octanol–water partition coefficient (Wildman–Crippen LogP) is 4.70. The summed E-state index contributed by atoms with van der Waals surface area (Å²) < 4.78 is 32.7. The van der Waals surface area contributed by atoms with Gasteiger partial charge in [-0.25, -0.2) is 8.42 Å². The number of benzene rings is 3. The molecule has 29 heavy (non-hydrogen) atoms. The summed E-state index contributed by atoms with van der Waals surface area (Å²) in [6.45, 7) is 1.52. The molecule has 0 unspecified atom stereocenters. The summed E-state index contributed by atoms with van der Waals surface area (Å²) in [6.07, 6.45) is 0.801. The van der Waals surface area contributed by atoms with Crippen molar-refractivity contribution in [2.75, 3.05) is 10.9 Å². The van der Waals surface area contributed by atoms with Crippen LogP contribution in [0.3, 0.4) is 0 Å². The number of para-hydroxylation sites is 1. The fourth-order valence-corrected chi connectivity index (χ4v) is 4.36. The van der Waals surface area contributed by atoms with Gasteiger partial charge in [0.2, 0.25) is 0 Å². The molecule has 0 bridgehead atoms. The fraction of sp³-hybridized carbons (Fsp3) is 0.136. The van der Waals surface area contributed by atoms with Crippen molar-refractivity contribution in [3.8, 4) is 5.75 Å². The molecule has 5 nitrogen and oxygen atoms in total. The van der Waals surface area contributed by atoms with E-state index in [1.807, 2.05) is 6.92 Å². The maximum Gasteiger partial charge on any atom is 0.278 e. The van der Waals surface area contributed by atoms with Crippen LogP contribution in [0.4, 0.5) is 5.69 Å². The van der Waals surface area contributed by atoms with E-state index in [4.69, 9.17) is 16.3 Å². The molecule has 0 fully saturated rings. The van der Waals surface area contributed by atoms with Crippen LogP contribution in [0, 0.1) is 0 Å². The molecule has 150 valence electrons. The molecule has 7 heteroatoms. The van der Waals surface area contributed by atoms with Crippen LogP contribution in [0.5, 0.6) is 5.75 Å². The summed E-state index contributed by atoms with van der Waals surface area (Å²) in [4.78, 5) is 13.0. The van der Waals surface area contributed by atoms with Crippen LogP contribution >= 0.6 is 11.6 Å². The third kappa shape index (κ3) is 4.78. The summed E-state index contributed by atoms with van der Waals surface area (Å²) in [6, 6.07) is 21.3. The number of amides is 1. The van der Waals surface area contributed by atoms with Gasteiger partial charge in [0.1, 0.15) is 5.75 Å². The second-order valence-electron chi connectivity index (χ2n) is 6.22. The Kier molecular flexibility index (Phi) is 6.56. The first-order valence-electron chi connectivity index (χ1n) is 9.03. The molecule has 0 aliphatic rings. The zero-order valence-corrected chi connectivity index (χ0v) is 17.4. The molecule has 0 N–H and O–H groups in total. The standard InChI is InChI=1S/C22H20ClNO4S/c1-2-17-12-14-18(15-13-17)24(29(26,27)19-8-4-3-5-9-19)22(25)16-28-21-11-7-6-10-20(21)23/h3-15H,2,16H2,1H3. The van der Waals surface area contributed by atoms with E-state index < -0.39 is 22.5 Å². The van der Waals surface area contributed by atoms with Crippen molar-refractivity contribution < 1.29 is 17.9 Å². The molecule has 0 aromatic heterocycles. The van der Waals surface area contributed by atoms with E-state index in [2.05, 4.69) is 0 Å². The second-order valence-corrected chi connectivity index (χ2v) is 8.41. The third-order valence-electron chi connectivity index (χ3n) is 4.27. The fourth-order valence-electron chi connectivity index (χ4n) is 2.74. The Balaban J connectivity index is 1.95. The van der Waals surface area contributed by atoms with Crippen LogP contribution in [-0.4, -0.2) is 20.9 Å². The molecule has 0 heterocycles. The van der Waals surface area contributed by atoms with E-state index in [1.54, 1.807) is 66.7 Å². The van der Waals surface area contributed by atoms with E-state index >= 15 is 0 Å². The number of hydrogen-bond donors (Lipinski definition) is 0. The van der Waals surface area contributed by atoms with Gasteiger partial charge in [0.15, 0.2) is 6.61 Å². The summed E-state index contributed by atoms with van der Waals surface area (Å²) in [7, 11) is -4.12. The van der Waals surface area contributed by atoms with Crippen molar-refractivity contribution in [1.29, 1.82) is 0 Å². The maximum absolute atomic E-state index is 13.2. The Hall–Kier alpha value is -2.83. The highest BCUT2D eigenvalue weighted by Crippen LogP contribution is 2.26. The number of aryl methyl sites for hydroxylation is 1. The molecule has 0 atom stereocenters. The molecule has 3 rings (SSSR count). The van der Waals surface area contributed by atoms with Gasteiger partial charge in [-0.1, -0.05) is 61.0 Å². The SMILES string of the molecule is CCc1ccc(N(C(=O)COc2ccccc2Cl)S(=O)(=O)c2ccccc2)cc1. The largest absolute Gasteiger partial charge is 0.482 e. The van der Waals surface area contributed by atoms with Crippen LogP contribution < -0.4 is 9.04 Å². The van der Waals surface area contributed by atoms with E-state index in [1.165, 1.54) is 12.1 Å². The number of halogens is 1. The zero-order valence-electron chi connectivity index (χ0n) is 15.8. The molecule has 0 saturated heterocycles. The van der Waals surface area contributed by atoms with Crippen molar-refractivity contribution in [2.24, 2.45) is 0 Å². The zero-order chi connectivity index (χ0) is 20.9. The van der Waals surface area contributed by atoms with Gasteiger partial charge in [0, 0.05) is 0 Å². The van der Waals surface area contributed by atoms with Gasteiger partial charge in [0.05, 0.1) is 15.6 Å². The van der Waals surface area contributed by atoms with Gasteiger partial charge in [0.25, 0.3) is 15.9 Å². The number of carbonyl (C=O) groups is 1. The van der Waals surface area contributed by atoms with Gasteiger partial charge in [-0.05, 0) is 48.4 Å². The quantitative estimate of drug-likeness (QED) is 0.546. The monoisotopic (exact) mass is 429 g/mol. The Morgan fingerprint density at radius 1 is 0.931 bits per heavy atom. The van der Waals surface area contributed by atoms with Gasteiger partial charge in [-0.3, -0.25) is 4.79 Å². The minimum Gasteiger partial charge on any atom is -0.482 e. The summed E-state index contributed by atoms with van der Waals surface area (Å²) in [5.74, 6) is -0.418. The minimum absolute atomic E-state index is 0.0191. The lowest BCUT2D eigenvalue weighted by Crippen LogP contribution is -2.40. The third-order valence-corrected chi connectivity index (χ3v) is 6.35. The van der Waals surface area contributed by atoms with Crippen molar-refractivity contribution >= 4 is 33.2 Å². The molecule has 0 saturated carbocycles. The number of hydrogen-bond acceptors (Lipinski definition) is 4. The molecule has 3 aromatic rings. The van der Waals surface area contributed by atoms with Gasteiger partial charge in [-0.2, -0.15) is 4.31 Å². The van der Waals surface area contributed by atoms with Crippen LogP contribution in [0.15, 0.2) is 83.8 Å². The maximum atomic E-state index is 13.2. The highest BCUT2D eigenvalue weighted by atomic mass is 35.5. The van der Waals surface area contributed by atoms with Crippen molar-refractivity contribution in [1.82, 2.24) is 0 Å². The average molecular weight is 430 g/mol. The first-order valence-corrected chi connectivity index (χ1v) is 10.8. The lowest BCUT2D eigenvalue weighted by atomic mass is 10.1. The molecular weight excluding hydrogens is 410 g/mol. The van der Waals surface area contributed by atoms with Gasteiger partial charge in [-0.15, -0.1) is 0 Å². The average Bonchev–Trinajstić information content (AvgIpc) is 2.74. The van der Waals surface area contributed by atoms with Crippen LogP contribution in [0.2, 0.25) is 5.02 Å². The molecular formula is C22H20ClNO4S. The van der Waals surface area contributed by atoms with Gasteiger partial charge >= 0.3 is 0 Å². The van der Waals surface area contributed by atoms with E-state index in [0.29, 0.717) is 10.8 Å². The normalized spacial score (nSPS) is 11.1. The Labute approximate surface area is 175 Å². The Bertz CT molecular complexity index is 1080. The number of anilines is 1. The molecule has 0 aliphatic heterocycles. The number of nitrogens with zero attached hydrogens (tertiary/aromatic N) is 1. The molecule has 0 spiro atoms. The number of rotatable bonds is 7. The van der Waals surface area contributed by atoms with Crippen molar-refractivity contribution in [2.45, 2.75) is 18.2 Å². The van der Waals surface area contributed by atoms with E-state index in [-0.39, 0.29) is 10.6 Å². The highest BCUT2D eigenvalue weighted by Gasteiger charge is 2.31. The molecule has 1 amide bonds. The Morgan fingerprint density at radius 2 is 1.55 bits per heavy atom. The van der Waals surface area contributed by atoms with Crippen molar-refractivity contribution in [3.63, 3.8) is 0 Å². The van der Waals surface area contributed by atoms with Crippen LogP contribution in [-0.2, 0) is 21.2 Å². The number of carbonyl (C=O) groups excluding carboxylic acids is 1. The van der Waals surface area contributed by atoms with Gasteiger partial charge < -0.3 is 4.74 Å². The van der Waals surface area contributed by atoms with E-state index in [0.717, 1.165) is 16.3 Å². The summed E-state index contributed by atoms with van der Waals surface area (Å²) >= 11 is 6.06. The Morgan fingerprint density at radius 3 is 2.17 bits per heavy atom. The lowest BCUT2D eigenvalue weighted by Gasteiger charge is -2.23. The summed E-state index contributed by atoms with van der Waals surface area (Å²) in [5, 5.41) is 0.338. The molecule has 0 aliphatic carbocycles. The topological polar surface area (TPSA) is 63.7 Å². The summed E-state index contributed by atoms with van der Waals surface area (Å²) in [5.41, 5.74) is 1.28. The number of sulfonamides is 1. The first kappa shape index (κ1) is 20.9.